The van der Waals surface area contributed by atoms with Crippen molar-refractivity contribution >= 4 is 22.2 Å². The van der Waals surface area contributed by atoms with Gasteiger partial charge in [-0.3, -0.25) is 4.79 Å². The predicted octanol–water partition coefficient (Wildman–Crippen LogP) is 3.75. The number of carbonyl (C=O) groups is 1. The Balaban J connectivity index is 1.42. The zero-order valence-electron chi connectivity index (χ0n) is 15.7. The molecule has 6 nitrogen and oxygen atoms in total. The summed E-state index contributed by atoms with van der Waals surface area (Å²) in [6.07, 6.45) is 0.679. The molecule has 1 N–H and O–H groups in total. The lowest BCUT2D eigenvalue weighted by Gasteiger charge is -2.05. The summed E-state index contributed by atoms with van der Waals surface area (Å²) in [5.74, 6) is 1.34. The Morgan fingerprint density at radius 3 is 2.61 bits per heavy atom. The van der Waals surface area contributed by atoms with E-state index >= 15 is 0 Å². The number of hydrogen-bond acceptors (Lipinski definition) is 5. The van der Waals surface area contributed by atoms with E-state index in [0.717, 1.165) is 27.8 Å². The fourth-order valence-electron chi connectivity index (χ4n) is 2.87. The van der Waals surface area contributed by atoms with E-state index in [9.17, 15) is 4.79 Å². The molecule has 0 spiro atoms. The fraction of sp³-hybridized carbons (Fsp3) is 0.190. The first-order valence-electron chi connectivity index (χ1n) is 8.96. The van der Waals surface area contributed by atoms with Crippen molar-refractivity contribution in [2.24, 2.45) is 0 Å². The number of carbonyl (C=O) groups excluding carboxylic acids is 1. The molecule has 2 aromatic carbocycles. The number of aromatic nitrogens is 3. The Bertz CT molecular complexity index is 1100. The second-order valence-electron chi connectivity index (χ2n) is 6.46. The van der Waals surface area contributed by atoms with Crippen molar-refractivity contribution in [1.82, 2.24) is 19.9 Å². The van der Waals surface area contributed by atoms with E-state index in [1.165, 1.54) is 5.56 Å². The summed E-state index contributed by atoms with van der Waals surface area (Å²) >= 11 is 1.55. The number of methoxy groups -OCH3 is 1. The Morgan fingerprint density at radius 2 is 1.89 bits per heavy atom. The maximum absolute atomic E-state index is 12.3. The number of aryl methyl sites for hydroxylation is 1. The highest BCUT2D eigenvalue weighted by molar-refractivity contribution is 7.15. The minimum Gasteiger partial charge on any atom is -0.497 e. The van der Waals surface area contributed by atoms with Gasteiger partial charge in [0.05, 0.1) is 12.8 Å². The van der Waals surface area contributed by atoms with Gasteiger partial charge in [0.2, 0.25) is 4.96 Å². The van der Waals surface area contributed by atoms with E-state index in [1.54, 1.807) is 42.7 Å². The molecule has 0 aliphatic heterocycles. The summed E-state index contributed by atoms with van der Waals surface area (Å²) < 4.78 is 6.97. The number of thiazole rings is 1. The molecule has 0 aliphatic rings. The average Bonchev–Trinajstić information content (AvgIpc) is 3.30. The van der Waals surface area contributed by atoms with E-state index in [2.05, 4.69) is 34.5 Å². The standard InChI is InChI=1S/C21H20N4O2S/c1-14-3-5-15(6-4-14)19-23-21-25(24-19)17(13-28-21)11-12-22-20(26)16-7-9-18(27-2)10-8-16/h3-10,13H,11-12H2,1-2H3,(H,22,26). The number of nitrogens with one attached hydrogen (secondary N) is 1. The highest BCUT2D eigenvalue weighted by Crippen LogP contribution is 2.21. The molecular formula is C21H20N4O2S. The molecule has 0 saturated carbocycles. The van der Waals surface area contributed by atoms with Gasteiger partial charge in [0, 0.05) is 29.5 Å². The molecule has 0 fully saturated rings. The van der Waals surface area contributed by atoms with Gasteiger partial charge in [0.25, 0.3) is 5.91 Å². The number of fused-ring (bicyclic) bond motifs is 1. The van der Waals surface area contributed by atoms with E-state index in [-0.39, 0.29) is 5.91 Å². The van der Waals surface area contributed by atoms with Crippen LogP contribution in [-0.2, 0) is 6.42 Å². The van der Waals surface area contributed by atoms with Crippen LogP contribution < -0.4 is 10.1 Å². The molecule has 4 rings (SSSR count). The molecule has 0 unspecified atom stereocenters. The first-order chi connectivity index (χ1) is 13.6. The number of nitrogens with zero attached hydrogens (tertiary/aromatic N) is 3. The molecule has 4 aromatic rings. The van der Waals surface area contributed by atoms with E-state index < -0.39 is 0 Å². The van der Waals surface area contributed by atoms with Crippen molar-refractivity contribution in [2.75, 3.05) is 13.7 Å². The summed E-state index contributed by atoms with van der Waals surface area (Å²) in [6.45, 7) is 2.58. The minimum atomic E-state index is -0.104. The Labute approximate surface area is 166 Å². The fourth-order valence-corrected chi connectivity index (χ4v) is 3.73. The maximum atomic E-state index is 12.3. The van der Waals surface area contributed by atoms with Gasteiger partial charge in [-0.25, -0.2) is 4.52 Å². The normalized spacial score (nSPS) is 10.9. The van der Waals surface area contributed by atoms with Crippen LogP contribution in [0, 0.1) is 6.92 Å². The zero-order valence-corrected chi connectivity index (χ0v) is 16.5. The second-order valence-corrected chi connectivity index (χ2v) is 7.29. The van der Waals surface area contributed by atoms with E-state index in [4.69, 9.17) is 4.74 Å². The van der Waals surface area contributed by atoms with Crippen molar-refractivity contribution in [3.63, 3.8) is 0 Å². The van der Waals surface area contributed by atoms with Gasteiger partial charge in [-0.2, -0.15) is 4.98 Å². The van der Waals surface area contributed by atoms with Gasteiger partial charge in [-0.1, -0.05) is 29.8 Å². The topological polar surface area (TPSA) is 68.5 Å². The van der Waals surface area contributed by atoms with Gasteiger partial charge < -0.3 is 10.1 Å². The van der Waals surface area contributed by atoms with Crippen LogP contribution in [-0.4, -0.2) is 34.2 Å². The molecule has 0 atom stereocenters. The van der Waals surface area contributed by atoms with Crippen LogP contribution in [0.25, 0.3) is 16.3 Å². The summed E-state index contributed by atoms with van der Waals surface area (Å²) in [5, 5.41) is 9.62. The minimum absolute atomic E-state index is 0.104. The average molecular weight is 392 g/mol. The van der Waals surface area contributed by atoms with Crippen LogP contribution in [0.15, 0.2) is 53.9 Å². The highest BCUT2D eigenvalue weighted by Gasteiger charge is 2.12. The Hall–Kier alpha value is -3.19. The van der Waals surface area contributed by atoms with Crippen LogP contribution in [0.2, 0.25) is 0 Å². The van der Waals surface area contributed by atoms with E-state index in [0.29, 0.717) is 18.5 Å². The monoisotopic (exact) mass is 392 g/mol. The molecule has 2 aromatic heterocycles. The van der Waals surface area contributed by atoms with Gasteiger partial charge >= 0.3 is 0 Å². The lowest BCUT2D eigenvalue weighted by molar-refractivity contribution is 0.0954. The second kappa shape index (κ2) is 7.82. The summed E-state index contributed by atoms with van der Waals surface area (Å²) in [7, 11) is 1.60. The number of benzene rings is 2. The molecule has 28 heavy (non-hydrogen) atoms. The molecule has 1 amide bonds. The van der Waals surface area contributed by atoms with Crippen LogP contribution in [0.5, 0.6) is 5.75 Å². The first-order valence-corrected chi connectivity index (χ1v) is 9.84. The summed E-state index contributed by atoms with van der Waals surface area (Å²) in [6, 6.07) is 15.2. The number of ether oxygens (including phenoxy) is 1. The first kappa shape index (κ1) is 18.2. The van der Waals surface area contributed by atoms with Crippen molar-refractivity contribution < 1.29 is 9.53 Å². The van der Waals surface area contributed by atoms with Gasteiger partial charge in [-0.15, -0.1) is 16.4 Å². The molecule has 7 heteroatoms. The van der Waals surface area contributed by atoms with Gasteiger partial charge in [0.15, 0.2) is 5.82 Å². The van der Waals surface area contributed by atoms with Crippen LogP contribution in [0.3, 0.4) is 0 Å². The number of hydrogen-bond donors (Lipinski definition) is 1. The van der Waals surface area contributed by atoms with Gasteiger partial charge in [-0.05, 0) is 31.2 Å². The van der Waals surface area contributed by atoms with Crippen LogP contribution in [0.4, 0.5) is 0 Å². The molecule has 0 bridgehead atoms. The Morgan fingerprint density at radius 1 is 1.14 bits per heavy atom. The lowest BCUT2D eigenvalue weighted by atomic mass is 10.1. The Kier molecular flexibility index (Phi) is 5.08. The van der Waals surface area contributed by atoms with Crippen molar-refractivity contribution in [1.29, 1.82) is 0 Å². The lowest BCUT2D eigenvalue weighted by Crippen LogP contribution is -2.25. The van der Waals surface area contributed by atoms with Crippen LogP contribution >= 0.6 is 11.3 Å². The molecular weight excluding hydrogens is 372 g/mol. The largest absolute Gasteiger partial charge is 0.497 e. The maximum Gasteiger partial charge on any atom is 0.251 e. The zero-order chi connectivity index (χ0) is 19.5. The smallest absolute Gasteiger partial charge is 0.251 e. The molecule has 0 radical (unpaired) electrons. The van der Waals surface area contributed by atoms with Crippen molar-refractivity contribution in [3.05, 3.63) is 70.7 Å². The molecule has 2 heterocycles. The number of amides is 1. The summed E-state index contributed by atoms with van der Waals surface area (Å²) in [5.41, 5.74) is 3.85. The van der Waals surface area contributed by atoms with Crippen molar-refractivity contribution in [3.8, 4) is 17.1 Å². The third-order valence-corrected chi connectivity index (χ3v) is 5.34. The third-order valence-electron chi connectivity index (χ3n) is 4.48. The number of rotatable bonds is 6. The SMILES string of the molecule is COc1ccc(C(=O)NCCc2csc3nc(-c4ccc(C)cc4)nn23)cc1. The quantitative estimate of drug-likeness (QED) is 0.543. The summed E-state index contributed by atoms with van der Waals surface area (Å²) in [4.78, 5) is 17.7. The third kappa shape index (κ3) is 3.75. The van der Waals surface area contributed by atoms with E-state index in [1.807, 2.05) is 22.0 Å². The highest BCUT2D eigenvalue weighted by atomic mass is 32.1. The van der Waals surface area contributed by atoms with Gasteiger partial charge in [0.1, 0.15) is 5.75 Å². The predicted molar refractivity (Wildman–Crippen MR) is 110 cm³/mol. The van der Waals surface area contributed by atoms with Crippen molar-refractivity contribution in [2.45, 2.75) is 13.3 Å². The molecule has 0 aliphatic carbocycles. The van der Waals surface area contributed by atoms with Crippen LogP contribution in [0.1, 0.15) is 21.6 Å². The molecule has 142 valence electrons. The molecule has 0 saturated heterocycles.